The Hall–Kier alpha value is -0.280. The Morgan fingerprint density at radius 2 is 2.20 bits per heavy atom. The first kappa shape index (κ1) is 11.2. The van der Waals surface area contributed by atoms with Gasteiger partial charge in [0, 0.05) is 6.54 Å². The van der Waals surface area contributed by atoms with Crippen LogP contribution in [-0.4, -0.2) is 6.54 Å². The standard InChI is InChI=1S/C12H18BrNO/c1-9(2)12(5-6-12)8-14-7-10-3-4-11(13)15-10/h3-4,9,14H,5-8H2,1-2H3. The molecule has 0 radical (unpaired) electrons. The van der Waals surface area contributed by atoms with Crippen LogP contribution in [0.4, 0.5) is 0 Å². The lowest BCUT2D eigenvalue weighted by atomic mass is 9.92. The highest BCUT2D eigenvalue weighted by Gasteiger charge is 2.44. The first-order valence-electron chi connectivity index (χ1n) is 5.57. The third-order valence-corrected chi connectivity index (χ3v) is 3.95. The van der Waals surface area contributed by atoms with Gasteiger partial charge in [0.05, 0.1) is 6.54 Å². The van der Waals surface area contributed by atoms with Crippen molar-refractivity contribution < 1.29 is 4.42 Å². The van der Waals surface area contributed by atoms with Crippen molar-refractivity contribution in [1.29, 1.82) is 0 Å². The van der Waals surface area contributed by atoms with Crippen LogP contribution in [-0.2, 0) is 6.54 Å². The van der Waals surface area contributed by atoms with Crippen LogP contribution in [0.25, 0.3) is 0 Å². The van der Waals surface area contributed by atoms with E-state index in [9.17, 15) is 0 Å². The van der Waals surface area contributed by atoms with Crippen LogP contribution >= 0.6 is 15.9 Å². The molecule has 1 aliphatic carbocycles. The van der Waals surface area contributed by atoms with Crippen LogP contribution in [0.15, 0.2) is 21.2 Å². The predicted molar refractivity (Wildman–Crippen MR) is 64.6 cm³/mol. The van der Waals surface area contributed by atoms with Crippen molar-refractivity contribution in [2.45, 2.75) is 33.2 Å². The SMILES string of the molecule is CC(C)C1(CNCc2ccc(Br)o2)CC1. The van der Waals surface area contributed by atoms with E-state index < -0.39 is 0 Å². The molecule has 1 aliphatic rings. The van der Waals surface area contributed by atoms with Crippen molar-refractivity contribution in [2.24, 2.45) is 11.3 Å². The molecule has 0 aromatic carbocycles. The van der Waals surface area contributed by atoms with E-state index in [0.717, 1.165) is 29.4 Å². The molecule has 1 fully saturated rings. The Balaban J connectivity index is 1.76. The van der Waals surface area contributed by atoms with E-state index in [-0.39, 0.29) is 0 Å². The first-order valence-corrected chi connectivity index (χ1v) is 6.37. The molecule has 84 valence electrons. The minimum atomic E-state index is 0.573. The summed E-state index contributed by atoms with van der Waals surface area (Å²) in [6, 6.07) is 3.94. The summed E-state index contributed by atoms with van der Waals surface area (Å²) in [5, 5.41) is 3.48. The molecule has 1 N–H and O–H groups in total. The van der Waals surface area contributed by atoms with Crippen molar-refractivity contribution in [2.75, 3.05) is 6.54 Å². The summed E-state index contributed by atoms with van der Waals surface area (Å²) >= 11 is 3.30. The molecule has 0 amide bonds. The van der Waals surface area contributed by atoms with Crippen LogP contribution in [0.2, 0.25) is 0 Å². The number of nitrogens with one attached hydrogen (secondary N) is 1. The summed E-state index contributed by atoms with van der Waals surface area (Å²) < 4.78 is 6.24. The zero-order chi connectivity index (χ0) is 10.9. The Morgan fingerprint density at radius 1 is 1.47 bits per heavy atom. The number of rotatable bonds is 5. The zero-order valence-corrected chi connectivity index (χ0v) is 10.9. The highest BCUT2D eigenvalue weighted by molar-refractivity contribution is 9.10. The van der Waals surface area contributed by atoms with Crippen LogP contribution in [0.1, 0.15) is 32.4 Å². The van der Waals surface area contributed by atoms with Crippen LogP contribution in [0, 0.1) is 11.3 Å². The maximum atomic E-state index is 5.43. The van der Waals surface area contributed by atoms with Gasteiger partial charge in [-0.15, -0.1) is 0 Å². The highest BCUT2D eigenvalue weighted by Crippen LogP contribution is 2.51. The number of hydrogen-bond donors (Lipinski definition) is 1. The van der Waals surface area contributed by atoms with Gasteiger partial charge in [-0.3, -0.25) is 0 Å². The van der Waals surface area contributed by atoms with Gasteiger partial charge < -0.3 is 9.73 Å². The largest absolute Gasteiger partial charge is 0.453 e. The summed E-state index contributed by atoms with van der Waals surface area (Å²) in [5.74, 6) is 1.79. The third kappa shape index (κ3) is 2.64. The van der Waals surface area contributed by atoms with Gasteiger partial charge in [0.2, 0.25) is 0 Å². The van der Waals surface area contributed by atoms with Crippen LogP contribution < -0.4 is 5.32 Å². The first-order chi connectivity index (χ1) is 7.12. The molecule has 1 aromatic rings. The van der Waals surface area contributed by atoms with Gasteiger partial charge in [-0.2, -0.15) is 0 Å². The minimum absolute atomic E-state index is 0.573. The molecule has 0 unspecified atom stereocenters. The molecule has 0 bridgehead atoms. The molecule has 1 saturated carbocycles. The quantitative estimate of drug-likeness (QED) is 0.886. The molecular formula is C12H18BrNO. The Labute approximate surface area is 99.6 Å². The number of halogens is 1. The lowest BCUT2D eigenvalue weighted by molar-refractivity contribution is 0.330. The van der Waals surface area contributed by atoms with Crippen LogP contribution in [0.3, 0.4) is 0 Å². The highest BCUT2D eigenvalue weighted by atomic mass is 79.9. The average molecular weight is 272 g/mol. The van der Waals surface area contributed by atoms with E-state index >= 15 is 0 Å². The van der Waals surface area contributed by atoms with E-state index in [0.29, 0.717) is 5.41 Å². The number of furan rings is 1. The van der Waals surface area contributed by atoms with E-state index in [1.165, 1.54) is 12.8 Å². The maximum absolute atomic E-state index is 5.43. The lowest BCUT2D eigenvalue weighted by Gasteiger charge is -2.19. The van der Waals surface area contributed by atoms with Crippen molar-refractivity contribution in [3.63, 3.8) is 0 Å². The van der Waals surface area contributed by atoms with Gasteiger partial charge in [0.25, 0.3) is 0 Å². The monoisotopic (exact) mass is 271 g/mol. The van der Waals surface area contributed by atoms with Gasteiger partial charge in [0.15, 0.2) is 4.67 Å². The molecule has 0 saturated heterocycles. The molecule has 3 heteroatoms. The molecule has 0 atom stereocenters. The van der Waals surface area contributed by atoms with E-state index in [4.69, 9.17) is 4.42 Å². The molecule has 1 aromatic heterocycles. The smallest absolute Gasteiger partial charge is 0.169 e. The minimum Gasteiger partial charge on any atom is -0.453 e. The summed E-state index contributed by atoms with van der Waals surface area (Å²) in [5.41, 5.74) is 0.573. The second kappa shape index (κ2) is 4.30. The Bertz CT molecular complexity index is 328. The van der Waals surface area contributed by atoms with E-state index in [1.54, 1.807) is 0 Å². The van der Waals surface area contributed by atoms with Crippen molar-refractivity contribution in [3.05, 3.63) is 22.6 Å². The van der Waals surface area contributed by atoms with Gasteiger partial charge in [-0.1, -0.05) is 13.8 Å². The van der Waals surface area contributed by atoms with Crippen molar-refractivity contribution in [3.8, 4) is 0 Å². The van der Waals surface area contributed by atoms with Gasteiger partial charge in [-0.05, 0) is 52.2 Å². The van der Waals surface area contributed by atoms with Crippen molar-refractivity contribution >= 4 is 15.9 Å². The summed E-state index contributed by atoms with van der Waals surface area (Å²) in [6.07, 6.45) is 2.75. The molecule has 2 nitrogen and oxygen atoms in total. The van der Waals surface area contributed by atoms with Gasteiger partial charge in [0.1, 0.15) is 5.76 Å². The van der Waals surface area contributed by atoms with Crippen LogP contribution in [0.5, 0.6) is 0 Å². The molecule has 0 aliphatic heterocycles. The van der Waals surface area contributed by atoms with E-state index in [1.807, 2.05) is 12.1 Å². The molecule has 15 heavy (non-hydrogen) atoms. The Kier molecular flexibility index (Phi) is 3.21. The van der Waals surface area contributed by atoms with E-state index in [2.05, 4.69) is 35.1 Å². The molecule has 2 rings (SSSR count). The van der Waals surface area contributed by atoms with Crippen molar-refractivity contribution in [1.82, 2.24) is 5.32 Å². The average Bonchev–Trinajstić information content (AvgIpc) is 2.86. The maximum Gasteiger partial charge on any atom is 0.169 e. The normalized spacial score (nSPS) is 18.4. The second-order valence-electron chi connectivity index (χ2n) is 4.83. The number of hydrogen-bond acceptors (Lipinski definition) is 2. The molecular weight excluding hydrogens is 254 g/mol. The lowest BCUT2D eigenvalue weighted by Crippen LogP contribution is -2.27. The summed E-state index contributed by atoms with van der Waals surface area (Å²) in [6.45, 7) is 6.58. The fourth-order valence-corrected chi connectivity index (χ4v) is 2.34. The van der Waals surface area contributed by atoms with Gasteiger partial charge in [-0.25, -0.2) is 0 Å². The fourth-order valence-electron chi connectivity index (χ4n) is 2.00. The molecule has 1 heterocycles. The second-order valence-corrected chi connectivity index (χ2v) is 5.61. The fraction of sp³-hybridized carbons (Fsp3) is 0.667. The zero-order valence-electron chi connectivity index (χ0n) is 9.35. The predicted octanol–water partition coefficient (Wildman–Crippen LogP) is 3.57. The summed E-state index contributed by atoms with van der Waals surface area (Å²) in [4.78, 5) is 0. The van der Waals surface area contributed by atoms with Gasteiger partial charge >= 0.3 is 0 Å². The topological polar surface area (TPSA) is 25.2 Å². The Morgan fingerprint density at radius 3 is 2.67 bits per heavy atom. The summed E-state index contributed by atoms with van der Waals surface area (Å²) in [7, 11) is 0. The molecule has 0 spiro atoms. The third-order valence-electron chi connectivity index (χ3n) is 3.52.